The molecule has 2 amide bonds. The molecule has 1 N–H and O–H groups in total. The summed E-state index contributed by atoms with van der Waals surface area (Å²) in [5.41, 5.74) is 3.12. The third-order valence-electron chi connectivity index (χ3n) is 5.53. The Labute approximate surface area is 214 Å². The van der Waals surface area contributed by atoms with Gasteiger partial charge in [-0.2, -0.15) is 0 Å². The number of esters is 1. The van der Waals surface area contributed by atoms with Gasteiger partial charge in [0.15, 0.2) is 6.10 Å². The summed E-state index contributed by atoms with van der Waals surface area (Å²) in [6.07, 6.45) is 1.01. The number of benzene rings is 2. The third-order valence-corrected chi connectivity index (χ3v) is 6.44. The first-order chi connectivity index (χ1) is 17.2. The summed E-state index contributed by atoms with van der Waals surface area (Å²) in [4.78, 5) is 44.0. The lowest BCUT2D eigenvalue weighted by atomic mass is 10.1. The third kappa shape index (κ3) is 5.73. The molecule has 0 fully saturated rings. The lowest BCUT2D eigenvalue weighted by molar-refractivity contribution is -0.127. The van der Waals surface area contributed by atoms with Crippen molar-refractivity contribution in [2.75, 3.05) is 16.8 Å². The summed E-state index contributed by atoms with van der Waals surface area (Å²) in [6, 6.07) is 12.0. The number of aromatic nitrogens is 1. The summed E-state index contributed by atoms with van der Waals surface area (Å²) < 4.78 is 11.0. The number of hydrogen-bond donors (Lipinski definition) is 1. The predicted octanol–water partition coefficient (Wildman–Crippen LogP) is 5.08. The second-order valence-corrected chi connectivity index (χ2v) is 9.77. The molecule has 1 unspecified atom stereocenters. The van der Waals surface area contributed by atoms with Crippen LogP contribution in [0.5, 0.6) is 5.75 Å². The number of aryl methyl sites for hydroxylation is 1. The van der Waals surface area contributed by atoms with Gasteiger partial charge < -0.3 is 14.8 Å². The normalized spacial score (nSPS) is 14.9. The topological polar surface area (TPSA) is 97.8 Å². The number of anilines is 2. The lowest BCUT2D eigenvalue weighted by Gasteiger charge is -2.32. The van der Waals surface area contributed by atoms with Crippen molar-refractivity contribution >= 4 is 40.5 Å². The van der Waals surface area contributed by atoms with E-state index in [9.17, 15) is 14.4 Å². The van der Waals surface area contributed by atoms with Gasteiger partial charge >= 0.3 is 5.97 Å². The largest absolute Gasteiger partial charge is 0.479 e. The number of nitrogens with one attached hydrogen (secondary N) is 1. The van der Waals surface area contributed by atoms with Crippen LogP contribution in [-0.4, -0.2) is 41.5 Å². The molecule has 0 aliphatic carbocycles. The number of carbonyl (C=O) groups is 3. The van der Waals surface area contributed by atoms with E-state index < -0.39 is 12.1 Å². The maximum atomic E-state index is 13.0. The average Bonchev–Trinajstić information content (AvgIpc) is 3.31. The van der Waals surface area contributed by atoms with Crippen molar-refractivity contribution in [3.05, 3.63) is 58.4 Å². The van der Waals surface area contributed by atoms with Crippen LogP contribution in [0, 0.1) is 0 Å². The Balaban J connectivity index is 1.51. The van der Waals surface area contributed by atoms with Crippen LogP contribution in [0.1, 0.15) is 49.5 Å². The Morgan fingerprint density at radius 3 is 2.64 bits per heavy atom. The number of rotatable bonds is 8. The lowest BCUT2D eigenvalue weighted by Crippen LogP contribution is -2.47. The zero-order chi connectivity index (χ0) is 25.8. The molecule has 9 heteroatoms. The van der Waals surface area contributed by atoms with E-state index in [4.69, 9.17) is 14.5 Å². The van der Waals surface area contributed by atoms with E-state index in [0.29, 0.717) is 22.7 Å². The molecule has 4 rings (SSSR count). The van der Waals surface area contributed by atoms with Crippen LogP contribution in [0.3, 0.4) is 0 Å². The molecular formula is C27H29N3O5S. The maximum absolute atomic E-state index is 13.0. The number of ether oxygens (including phenoxy) is 2. The highest BCUT2D eigenvalue weighted by molar-refractivity contribution is 7.09. The van der Waals surface area contributed by atoms with E-state index in [1.807, 2.05) is 23.6 Å². The summed E-state index contributed by atoms with van der Waals surface area (Å²) in [5, 5.41) is 5.85. The Bertz CT molecular complexity index is 1270. The van der Waals surface area contributed by atoms with Gasteiger partial charge in [-0.1, -0.05) is 6.92 Å². The zero-order valence-corrected chi connectivity index (χ0v) is 21.6. The molecule has 0 saturated carbocycles. The van der Waals surface area contributed by atoms with Crippen LogP contribution in [0.15, 0.2) is 47.8 Å². The molecule has 3 aromatic rings. The number of fused-ring (bicyclic) bond motifs is 1. The van der Waals surface area contributed by atoms with Crippen molar-refractivity contribution in [3.63, 3.8) is 0 Å². The maximum Gasteiger partial charge on any atom is 0.338 e. The highest BCUT2D eigenvalue weighted by Gasteiger charge is 2.33. The Kier molecular flexibility index (Phi) is 7.69. The summed E-state index contributed by atoms with van der Waals surface area (Å²) >= 11 is 1.61. The zero-order valence-electron chi connectivity index (χ0n) is 20.7. The monoisotopic (exact) mass is 507 g/mol. The molecule has 0 bridgehead atoms. The van der Waals surface area contributed by atoms with Crippen LogP contribution in [0.4, 0.5) is 11.4 Å². The smallest absolute Gasteiger partial charge is 0.338 e. The molecular weight excluding hydrogens is 478 g/mol. The molecule has 1 aliphatic rings. The molecule has 1 aliphatic heterocycles. The van der Waals surface area contributed by atoms with Crippen LogP contribution < -0.4 is 15.0 Å². The summed E-state index contributed by atoms with van der Waals surface area (Å²) in [6.45, 7) is 7.15. The number of amides is 2. The van der Waals surface area contributed by atoms with Gasteiger partial charge in [-0.05, 0) is 76.1 Å². The first-order valence-electron chi connectivity index (χ1n) is 11.9. The fourth-order valence-electron chi connectivity index (χ4n) is 3.82. The molecule has 0 spiro atoms. The van der Waals surface area contributed by atoms with Gasteiger partial charge in [0.25, 0.3) is 5.91 Å². The van der Waals surface area contributed by atoms with Crippen LogP contribution in [0.2, 0.25) is 0 Å². The van der Waals surface area contributed by atoms with E-state index >= 15 is 0 Å². The van der Waals surface area contributed by atoms with Crippen molar-refractivity contribution < 1.29 is 23.9 Å². The molecule has 36 heavy (non-hydrogen) atoms. The molecule has 0 radical (unpaired) electrons. The van der Waals surface area contributed by atoms with Gasteiger partial charge in [-0.3, -0.25) is 14.5 Å². The molecule has 1 aromatic heterocycles. The van der Waals surface area contributed by atoms with E-state index in [0.717, 1.165) is 29.1 Å². The first kappa shape index (κ1) is 25.4. The molecule has 8 nitrogen and oxygen atoms in total. The van der Waals surface area contributed by atoms with Crippen molar-refractivity contribution in [1.82, 2.24) is 4.98 Å². The van der Waals surface area contributed by atoms with Gasteiger partial charge in [-0.25, -0.2) is 9.78 Å². The van der Waals surface area contributed by atoms with Crippen molar-refractivity contribution in [3.8, 4) is 17.0 Å². The molecule has 1 atom stereocenters. The Hall–Kier alpha value is -3.72. The van der Waals surface area contributed by atoms with E-state index in [1.165, 1.54) is 4.90 Å². The van der Waals surface area contributed by atoms with Gasteiger partial charge in [0.1, 0.15) is 12.3 Å². The number of carbonyl (C=O) groups excluding carboxylic acids is 3. The van der Waals surface area contributed by atoms with Crippen LogP contribution in [0.25, 0.3) is 11.3 Å². The Morgan fingerprint density at radius 2 is 1.94 bits per heavy atom. The quantitative estimate of drug-likeness (QED) is 0.427. The SMILES string of the molecule is CCCc1nc(-c2ccc3c(c2)N(CC(=O)Nc2ccc(C(=O)OC(C)C)cc2)C(=O)C(C)O3)cs1. The van der Waals surface area contributed by atoms with Crippen molar-refractivity contribution in [2.24, 2.45) is 0 Å². The van der Waals surface area contributed by atoms with Crippen molar-refractivity contribution in [2.45, 2.75) is 52.7 Å². The van der Waals surface area contributed by atoms with E-state index in [1.54, 1.807) is 56.4 Å². The fourth-order valence-corrected chi connectivity index (χ4v) is 4.73. The molecule has 2 aromatic carbocycles. The Morgan fingerprint density at radius 1 is 1.19 bits per heavy atom. The molecule has 2 heterocycles. The first-order valence-corrected chi connectivity index (χ1v) is 12.8. The highest BCUT2D eigenvalue weighted by Crippen LogP contribution is 2.37. The second kappa shape index (κ2) is 10.9. The number of hydrogen-bond acceptors (Lipinski definition) is 7. The minimum absolute atomic E-state index is 0.182. The van der Waals surface area contributed by atoms with Crippen molar-refractivity contribution in [1.29, 1.82) is 0 Å². The van der Waals surface area contributed by atoms with E-state index in [2.05, 4.69) is 12.2 Å². The average molecular weight is 508 g/mol. The van der Waals surface area contributed by atoms with Gasteiger partial charge in [-0.15, -0.1) is 11.3 Å². The minimum atomic E-state index is -0.710. The number of thiazole rings is 1. The molecule has 188 valence electrons. The minimum Gasteiger partial charge on any atom is -0.479 e. The molecule has 0 saturated heterocycles. The van der Waals surface area contributed by atoms with Gasteiger partial charge in [0.05, 0.1) is 28.1 Å². The highest BCUT2D eigenvalue weighted by atomic mass is 32.1. The summed E-state index contributed by atoms with van der Waals surface area (Å²) in [7, 11) is 0. The summed E-state index contributed by atoms with van der Waals surface area (Å²) in [5.74, 6) is -0.558. The standard InChI is InChI=1S/C27H29N3O5S/c1-5-6-25-29-21(15-36-25)19-9-12-23-22(13-19)30(26(32)17(4)35-23)14-24(31)28-20-10-7-18(8-11-20)27(33)34-16(2)3/h7-13,15-17H,5-6,14H2,1-4H3,(H,28,31). The number of nitrogens with zero attached hydrogens (tertiary/aromatic N) is 2. The predicted molar refractivity (Wildman–Crippen MR) is 140 cm³/mol. The van der Waals surface area contributed by atoms with Gasteiger partial charge in [0, 0.05) is 16.6 Å². The fraction of sp³-hybridized carbons (Fsp3) is 0.333. The second-order valence-electron chi connectivity index (χ2n) is 8.82. The van der Waals surface area contributed by atoms with Crippen LogP contribution in [-0.2, 0) is 20.7 Å². The van der Waals surface area contributed by atoms with E-state index in [-0.39, 0.29) is 24.5 Å². The van der Waals surface area contributed by atoms with Gasteiger partial charge in [0.2, 0.25) is 5.91 Å². The van der Waals surface area contributed by atoms with Crippen LogP contribution >= 0.6 is 11.3 Å².